The maximum absolute atomic E-state index is 11.8. The molecule has 0 fully saturated rings. The molecule has 0 heterocycles. The third kappa shape index (κ3) is 16.3. The zero-order valence-electron chi connectivity index (χ0n) is 20.1. The van der Waals surface area contributed by atoms with Crippen molar-refractivity contribution in [1.82, 2.24) is 0 Å². The maximum Gasteiger partial charge on any atom is 0.362 e. The van der Waals surface area contributed by atoms with Gasteiger partial charge in [0.25, 0.3) is 0 Å². The van der Waals surface area contributed by atoms with Crippen molar-refractivity contribution in [3.05, 3.63) is 24.3 Å². The van der Waals surface area contributed by atoms with Gasteiger partial charge in [0.1, 0.15) is 6.54 Å². The standard InChI is InChI=1S/C24H48NO4P/c1-5-6-7-8-9-10-11-12-13-14-15-16-17-18-19-20-21-22-24(26,30(27,28)29)23-25(2,3)4/h11-12,15-16,26H,5-10,13-14,17-23H2,1-4H3,(H-,27,28,29)/p+1/b12-11-,16-15-. The zero-order valence-corrected chi connectivity index (χ0v) is 21.0. The average Bonchev–Trinajstić information content (AvgIpc) is 2.62. The Kier molecular flexibility index (Phi) is 16.0. The number of nitrogens with zero attached hydrogens (tertiary/aromatic N) is 1. The van der Waals surface area contributed by atoms with Crippen LogP contribution in [0, 0.1) is 0 Å². The first-order valence-corrected chi connectivity index (χ1v) is 13.5. The third-order valence-electron chi connectivity index (χ3n) is 5.28. The summed E-state index contributed by atoms with van der Waals surface area (Å²) in [5.41, 5.74) is 0. The summed E-state index contributed by atoms with van der Waals surface area (Å²) >= 11 is 0. The summed E-state index contributed by atoms with van der Waals surface area (Å²) in [4.78, 5) is 19.1. The first-order valence-electron chi connectivity index (χ1n) is 11.9. The van der Waals surface area contributed by atoms with Crippen LogP contribution in [0.5, 0.6) is 0 Å². The molecule has 0 amide bonds. The SMILES string of the molecule is CCCCCCC/C=C\CC/C=C\CCCCCCC(O)(C[N+](C)(C)C)P(=O)(O)O. The Hall–Kier alpha value is -0.450. The van der Waals surface area contributed by atoms with E-state index >= 15 is 0 Å². The Bertz CT molecular complexity index is 522. The van der Waals surface area contributed by atoms with Crippen molar-refractivity contribution in [2.45, 2.75) is 102 Å². The molecule has 0 aromatic heterocycles. The van der Waals surface area contributed by atoms with Gasteiger partial charge in [-0.2, -0.15) is 0 Å². The van der Waals surface area contributed by atoms with Gasteiger partial charge >= 0.3 is 7.60 Å². The van der Waals surface area contributed by atoms with Crippen molar-refractivity contribution >= 4 is 7.60 Å². The number of aliphatic hydroxyl groups is 1. The molecule has 3 N–H and O–H groups in total. The summed E-state index contributed by atoms with van der Waals surface area (Å²) in [6.07, 6.45) is 24.0. The fourth-order valence-corrected chi connectivity index (χ4v) is 4.69. The third-order valence-corrected chi connectivity index (χ3v) is 6.72. The summed E-state index contributed by atoms with van der Waals surface area (Å²) in [6.45, 7) is 2.30. The second-order valence-electron chi connectivity index (χ2n) is 9.65. The Balaban J connectivity index is 3.78. The van der Waals surface area contributed by atoms with Crippen LogP contribution in [-0.2, 0) is 4.57 Å². The van der Waals surface area contributed by atoms with E-state index in [0.717, 1.165) is 38.5 Å². The van der Waals surface area contributed by atoms with Gasteiger partial charge in [0.2, 0.25) is 5.34 Å². The predicted octanol–water partition coefficient (Wildman–Crippen LogP) is 6.15. The fraction of sp³-hybridized carbons (Fsp3) is 0.833. The van der Waals surface area contributed by atoms with E-state index < -0.39 is 12.9 Å². The summed E-state index contributed by atoms with van der Waals surface area (Å²) in [7, 11) is 0.940. The van der Waals surface area contributed by atoms with E-state index in [1.54, 1.807) is 0 Å². The Morgan fingerprint density at radius 1 is 0.733 bits per heavy atom. The Morgan fingerprint density at radius 3 is 1.60 bits per heavy atom. The summed E-state index contributed by atoms with van der Waals surface area (Å²) in [5.74, 6) is 0. The van der Waals surface area contributed by atoms with Crippen LogP contribution in [0.2, 0.25) is 0 Å². The normalized spacial score (nSPS) is 15.3. The van der Waals surface area contributed by atoms with Crippen molar-refractivity contribution in [2.24, 2.45) is 0 Å². The second kappa shape index (κ2) is 16.2. The first-order chi connectivity index (χ1) is 14.0. The largest absolute Gasteiger partial charge is 0.373 e. The minimum Gasteiger partial charge on any atom is -0.373 e. The molecule has 0 aromatic rings. The van der Waals surface area contributed by atoms with Crippen molar-refractivity contribution < 1.29 is 23.9 Å². The highest BCUT2D eigenvalue weighted by Gasteiger charge is 2.48. The summed E-state index contributed by atoms with van der Waals surface area (Å²) in [5, 5.41) is 8.59. The van der Waals surface area contributed by atoms with Crippen LogP contribution < -0.4 is 0 Å². The van der Waals surface area contributed by atoms with Gasteiger partial charge in [-0.25, -0.2) is 0 Å². The molecule has 0 rings (SSSR count). The molecule has 1 atom stereocenters. The smallest absolute Gasteiger partial charge is 0.362 e. The molecule has 0 saturated heterocycles. The van der Waals surface area contributed by atoms with Gasteiger partial charge in [0.15, 0.2) is 0 Å². The molecule has 0 aliphatic rings. The molecule has 0 saturated carbocycles. The molecule has 0 aliphatic heterocycles. The van der Waals surface area contributed by atoms with Gasteiger partial charge in [-0.15, -0.1) is 0 Å². The number of hydrogen-bond donors (Lipinski definition) is 3. The minimum atomic E-state index is -4.55. The number of rotatable bonds is 19. The molecule has 178 valence electrons. The molecule has 0 radical (unpaired) electrons. The lowest BCUT2D eigenvalue weighted by Crippen LogP contribution is -2.49. The van der Waals surface area contributed by atoms with E-state index in [1.165, 1.54) is 38.5 Å². The lowest BCUT2D eigenvalue weighted by atomic mass is 10.1. The average molecular weight is 447 g/mol. The van der Waals surface area contributed by atoms with Crippen molar-refractivity contribution in [3.63, 3.8) is 0 Å². The molecule has 1 unspecified atom stereocenters. The maximum atomic E-state index is 11.8. The lowest BCUT2D eigenvalue weighted by Gasteiger charge is -2.35. The topological polar surface area (TPSA) is 77.8 Å². The van der Waals surface area contributed by atoms with Crippen LogP contribution in [0.3, 0.4) is 0 Å². The number of quaternary nitrogens is 1. The molecule has 0 spiro atoms. The van der Waals surface area contributed by atoms with Gasteiger partial charge in [0, 0.05) is 0 Å². The van der Waals surface area contributed by atoms with Crippen LogP contribution in [-0.4, -0.2) is 52.4 Å². The van der Waals surface area contributed by atoms with Gasteiger partial charge in [-0.05, 0) is 51.4 Å². The molecule has 6 heteroatoms. The number of unbranched alkanes of at least 4 members (excludes halogenated alkanes) is 10. The quantitative estimate of drug-likeness (QED) is 0.0962. The van der Waals surface area contributed by atoms with Crippen molar-refractivity contribution in [2.75, 3.05) is 27.7 Å². The molecule has 0 aromatic carbocycles. The second-order valence-corrected chi connectivity index (χ2v) is 11.6. The highest BCUT2D eigenvalue weighted by molar-refractivity contribution is 7.53. The molecule has 0 bridgehead atoms. The fourth-order valence-electron chi connectivity index (χ4n) is 3.63. The van der Waals surface area contributed by atoms with E-state index in [2.05, 4.69) is 31.2 Å². The van der Waals surface area contributed by atoms with Crippen LogP contribution in [0.15, 0.2) is 24.3 Å². The monoisotopic (exact) mass is 446 g/mol. The molecule has 0 aliphatic carbocycles. The van der Waals surface area contributed by atoms with Crippen molar-refractivity contribution in [1.29, 1.82) is 0 Å². The zero-order chi connectivity index (χ0) is 22.9. The highest BCUT2D eigenvalue weighted by Crippen LogP contribution is 2.52. The van der Waals surface area contributed by atoms with Crippen molar-refractivity contribution in [3.8, 4) is 0 Å². The van der Waals surface area contributed by atoms with E-state index in [4.69, 9.17) is 0 Å². The molecular weight excluding hydrogens is 397 g/mol. The minimum absolute atomic E-state index is 0.0489. The van der Waals surface area contributed by atoms with Gasteiger partial charge < -0.3 is 19.4 Å². The number of allylic oxidation sites excluding steroid dienone is 4. The van der Waals surface area contributed by atoms with Crippen LogP contribution >= 0.6 is 7.60 Å². The van der Waals surface area contributed by atoms with Gasteiger partial charge in [-0.1, -0.05) is 69.8 Å². The lowest BCUT2D eigenvalue weighted by molar-refractivity contribution is -0.875. The van der Waals surface area contributed by atoms with Gasteiger partial charge in [0.05, 0.1) is 21.1 Å². The number of hydrogen-bond acceptors (Lipinski definition) is 2. The van der Waals surface area contributed by atoms with Crippen LogP contribution in [0.4, 0.5) is 0 Å². The molecule has 30 heavy (non-hydrogen) atoms. The molecular formula is C24H49NO4P+. The Morgan fingerprint density at radius 2 is 1.17 bits per heavy atom. The molecule has 5 nitrogen and oxygen atoms in total. The summed E-state index contributed by atoms with van der Waals surface area (Å²) < 4.78 is 12.1. The first kappa shape index (κ1) is 29.5. The van der Waals surface area contributed by atoms with E-state index in [-0.39, 0.29) is 13.0 Å². The van der Waals surface area contributed by atoms with E-state index in [9.17, 15) is 19.5 Å². The van der Waals surface area contributed by atoms with Crippen LogP contribution in [0.25, 0.3) is 0 Å². The van der Waals surface area contributed by atoms with E-state index in [0.29, 0.717) is 10.9 Å². The van der Waals surface area contributed by atoms with E-state index in [1.807, 2.05) is 21.1 Å². The predicted molar refractivity (Wildman–Crippen MR) is 128 cm³/mol. The van der Waals surface area contributed by atoms with Gasteiger partial charge in [-0.3, -0.25) is 4.57 Å². The Labute approximate surface area is 186 Å². The summed E-state index contributed by atoms with van der Waals surface area (Å²) in [6, 6.07) is 0. The van der Waals surface area contributed by atoms with Crippen LogP contribution in [0.1, 0.15) is 96.8 Å². The highest BCUT2D eigenvalue weighted by atomic mass is 31.2. The number of likely N-dealkylation sites (N-methyl/N-ethyl adjacent to an activating group) is 1.